The average molecular weight is 254 g/mol. The first-order valence-corrected chi connectivity index (χ1v) is 6.76. The predicted molar refractivity (Wildman–Crippen MR) is 80.4 cm³/mol. The first-order chi connectivity index (χ1) is 9.11. The standard InChI is InChI=1S/C17H22N2/c1-12-9-13(2)15(14(3)10-12)11-17(18-4)16-7-5-6-8-19-16/h5-10,17-18H,11H2,1-4H3. The van der Waals surface area contributed by atoms with Gasteiger partial charge in [0.05, 0.1) is 11.7 Å². The van der Waals surface area contributed by atoms with E-state index in [1.165, 1.54) is 22.3 Å². The van der Waals surface area contributed by atoms with Crippen LogP contribution in [0.3, 0.4) is 0 Å². The van der Waals surface area contributed by atoms with E-state index in [4.69, 9.17) is 0 Å². The molecule has 1 heterocycles. The van der Waals surface area contributed by atoms with Crippen LogP contribution >= 0.6 is 0 Å². The van der Waals surface area contributed by atoms with Gasteiger partial charge in [0.2, 0.25) is 0 Å². The highest BCUT2D eigenvalue weighted by atomic mass is 14.9. The molecule has 0 fully saturated rings. The minimum absolute atomic E-state index is 0.265. The summed E-state index contributed by atoms with van der Waals surface area (Å²) in [6, 6.07) is 10.9. The predicted octanol–water partition coefficient (Wildman–Crippen LogP) is 3.51. The van der Waals surface area contributed by atoms with Gasteiger partial charge >= 0.3 is 0 Å². The maximum Gasteiger partial charge on any atom is 0.0576 e. The zero-order valence-electron chi connectivity index (χ0n) is 12.2. The van der Waals surface area contributed by atoms with Gasteiger partial charge in [-0.2, -0.15) is 0 Å². The topological polar surface area (TPSA) is 24.9 Å². The van der Waals surface area contributed by atoms with Gasteiger partial charge in [0.25, 0.3) is 0 Å². The fourth-order valence-corrected chi connectivity index (χ4v) is 2.67. The summed E-state index contributed by atoms with van der Waals surface area (Å²) in [4.78, 5) is 4.46. The molecule has 1 aromatic heterocycles. The molecule has 1 N–H and O–H groups in total. The summed E-state index contributed by atoms with van der Waals surface area (Å²) >= 11 is 0. The molecule has 19 heavy (non-hydrogen) atoms. The van der Waals surface area contributed by atoms with E-state index in [9.17, 15) is 0 Å². The van der Waals surface area contributed by atoms with Crippen LogP contribution in [0, 0.1) is 20.8 Å². The molecule has 0 aliphatic heterocycles. The molecule has 0 aliphatic rings. The Morgan fingerprint density at radius 3 is 2.32 bits per heavy atom. The third-order valence-electron chi connectivity index (χ3n) is 3.64. The smallest absolute Gasteiger partial charge is 0.0576 e. The molecule has 0 bridgehead atoms. The second-order valence-corrected chi connectivity index (χ2v) is 5.18. The second-order valence-electron chi connectivity index (χ2n) is 5.18. The van der Waals surface area contributed by atoms with Crippen molar-refractivity contribution in [3.63, 3.8) is 0 Å². The van der Waals surface area contributed by atoms with Crippen LogP contribution in [0.25, 0.3) is 0 Å². The van der Waals surface area contributed by atoms with Crippen LogP contribution in [0.1, 0.15) is 34.0 Å². The third-order valence-corrected chi connectivity index (χ3v) is 3.64. The highest BCUT2D eigenvalue weighted by Crippen LogP contribution is 2.23. The molecule has 2 aromatic rings. The lowest BCUT2D eigenvalue weighted by atomic mass is 9.93. The zero-order chi connectivity index (χ0) is 13.8. The van der Waals surface area contributed by atoms with Gasteiger partial charge in [0.15, 0.2) is 0 Å². The molecule has 1 atom stereocenters. The number of aromatic nitrogens is 1. The van der Waals surface area contributed by atoms with Gasteiger partial charge in [-0.3, -0.25) is 4.98 Å². The van der Waals surface area contributed by atoms with E-state index >= 15 is 0 Å². The summed E-state index contributed by atoms with van der Waals surface area (Å²) in [7, 11) is 2.00. The number of pyridine rings is 1. The number of hydrogen-bond donors (Lipinski definition) is 1. The Hall–Kier alpha value is -1.67. The molecule has 0 radical (unpaired) electrons. The molecular weight excluding hydrogens is 232 g/mol. The van der Waals surface area contributed by atoms with E-state index in [0.29, 0.717) is 0 Å². The Balaban J connectivity index is 2.29. The summed E-state index contributed by atoms with van der Waals surface area (Å²) in [5.41, 5.74) is 6.60. The Morgan fingerprint density at radius 2 is 1.79 bits per heavy atom. The maximum atomic E-state index is 4.46. The van der Waals surface area contributed by atoms with Crippen molar-refractivity contribution in [2.45, 2.75) is 33.2 Å². The second kappa shape index (κ2) is 5.98. The lowest BCUT2D eigenvalue weighted by Crippen LogP contribution is -2.20. The summed E-state index contributed by atoms with van der Waals surface area (Å²) in [5, 5.41) is 3.37. The number of nitrogens with one attached hydrogen (secondary N) is 1. The summed E-state index contributed by atoms with van der Waals surface area (Å²) < 4.78 is 0. The van der Waals surface area contributed by atoms with Crippen LogP contribution in [-0.2, 0) is 6.42 Å². The molecule has 0 amide bonds. The lowest BCUT2D eigenvalue weighted by Gasteiger charge is -2.19. The SMILES string of the molecule is CNC(Cc1c(C)cc(C)cc1C)c1ccccn1. The minimum Gasteiger partial charge on any atom is -0.311 e. The molecular formula is C17H22N2. The van der Waals surface area contributed by atoms with Gasteiger partial charge in [-0.1, -0.05) is 23.8 Å². The van der Waals surface area contributed by atoms with E-state index < -0.39 is 0 Å². The largest absolute Gasteiger partial charge is 0.311 e. The number of hydrogen-bond acceptors (Lipinski definition) is 2. The van der Waals surface area contributed by atoms with Crippen molar-refractivity contribution in [2.75, 3.05) is 7.05 Å². The van der Waals surface area contributed by atoms with Gasteiger partial charge in [0, 0.05) is 6.20 Å². The van der Waals surface area contributed by atoms with Crippen LogP contribution in [0.2, 0.25) is 0 Å². The normalized spacial score (nSPS) is 12.4. The van der Waals surface area contributed by atoms with Crippen LogP contribution < -0.4 is 5.32 Å². The fraction of sp³-hybridized carbons (Fsp3) is 0.353. The lowest BCUT2D eigenvalue weighted by molar-refractivity contribution is 0.573. The first-order valence-electron chi connectivity index (χ1n) is 6.76. The van der Waals surface area contributed by atoms with Crippen molar-refractivity contribution in [3.05, 3.63) is 64.5 Å². The molecule has 100 valence electrons. The third kappa shape index (κ3) is 3.21. The Morgan fingerprint density at radius 1 is 1.11 bits per heavy atom. The van der Waals surface area contributed by atoms with Crippen LogP contribution in [0.4, 0.5) is 0 Å². The van der Waals surface area contributed by atoms with Crippen molar-refractivity contribution in [3.8, 4) is 0 Å². The van der Waals surface area contributed by atoms with Crippen LogP contribution in [-0.4, -0.2) is 12.0 Å². The highest BCUT2D eigenvalue weighted by Gasteiger charge is 2.14. The monoisotopic (exact) mass is 254 g/mol. The van der Waals surface area contributed by atoms with Gasteiger partial charge < -0.3 is 5.32 Å². The van der Waals surface area contributed by atoms with Crippen molar-refractivity contribution < 1.29 is 0 Å². The van der Waals surface area contributed by atoms with Crippen LogP contribution in [0.5, 0.6) is 0 Å². The average Bonchev–Trinajstić information content (AvgIpc) is 2.39. The molecule has 0 saturated carbocycles. The number of likely N-dealkylation sites (N-methyl/N-ethyl adjacent to an activating group) is 1. The Kier molecular flexibility index (Phi) is 4.33. The Bertz CT molecular complexity index is 523. The van der Waals surface area contributed by atoms with E-state index in [1.54, 1.807) is 0 Å². The first kappa shape index (κ1) is 13.8. The van der Waals surface area contributed by atoms with Gasteiger partial charge in [-0.15, -0.1) is 0 Å². The highest BCUT2D eigenvalue weighted by molar-refractivity contribution is 5.38. The number of rotatable bonds is 4. The van der Waals surface area contributed by atoms with Crippen molar-refractivity contribution in [2.24, 2.45) is 0 Å². The van der Waals surface area contributed by atoms with Crippen LogP contribution in [0.15, 0.2) is 36.5 Å². The minimum atomic E-state index is 0.265. The molecule has 0 aliphatic carbocycles. The van der Waals surface area contributed by atoms with Crippen molar-refractivity contribution in [1.29, 1.82) is 0 Å². The summed E-state index contributed by atoms with van der Waals surface area (Å²) in [6.07, 6.45) is 2.83. The quantitative estimate of drug-likeness (QED) is 0.903. The van der Waals surface area contributed by atoms with E-state index in [2.05, 4.69) is 49.3 Å². The summed E-state index contributed by atoms with van der Waals surface area (Å²) in [5.74, 6) is 0. The van der Waals surface area contributed by atoms with Crippen molar-refractivity contribution in [1.82, 2.24) is 10.3 Å². The summed E-state index contributed by atoms with van der Waals surface area (Å²) in [6.45, 7) is 6.54. The fourth-order valence-electron chi connectivity index (χ4n) is 2.67. The van der Waals surface area contributed by atoms with Gasteiger partial charge in [-0.05, 0) is 63.1 Å². The molecule has 1 unspecified atom stereocenters. The number of aryl methyl sites for hydroxylation is 3. The van der Waals surface area contributed by atoms with Crippen molar-refractivity contribution >= 4 is 0 Å². The zero-order valence-corrected chi connectivity index (χ0v) is 12.2. The van der Waals surface area contributed by atoms with E-state index in [-0.39, 0.29) is 6.04 Å². The molecule has 2 nitrogen and oxygen atoms in total. The molecule has 0 spiro atoms. The van der Waals surface area contributed by atoms with E-state index in [0.717, 1.165) is 12.1 Å². The molecule has 2 heteroatoms. The molecule has 0 saturated heterocycles. The molecule has 2 rings (SSSR count). The number of nitrogens with zero attached hydrogens (tertiary/aromatic N) is 1. The Labute approximate surface area is 115 Å². The van der Waals surface area contributed by atoms with Gasteiger partial charge in [0.1, 0.15) is 0 Å². The molecule has 1 aromatic carbocycles. The van der Waals surface area contributed by atoms with Gasteiger partial charge in [-0.25, -0.2) is 0 Å². The maximum absolute atomic E-state index is 4.46. The van der Waals surface area contributed by atoms with E-state index in [1.807, 2.05) is 25.4 Å². The number of benzene rings is 1.